The van der Waals surface area contributed by atoms with E-state index < -0.39 is 22.9 Å². The maximum Gasteiger partial charge on any atom is 0.335 e. The first-order valence-electron chi connectivity index (χ1n) is 5.81. The van der Waals surface area contributed by atoms with Crippen LogP contribution < -0.4 is 11.2 Å². The SMILES string of the molecule is O=c1[nH]c(=O)n(-c2cccc3ccccc23)c(O)c1F. The maximum atomic E-state index is 13.5. The molecule has 0 bridgehead atoms. The van der Waals surface area contributed by atoms with E-state index in [4.69, 9.17) is 0 Å². The third kappa shape index (κ3) is 1.70. The van der Waals surface area contributed by atoms with E-state index in [1.54, 1.807) is 24.3 Å². The van der Waals surface area contributed by atoms with Gasteiger partial charge in [-0.1, -0.05) is 36.4 Å². The zero-order valence-corrected chi connectivity index (χ0v) is 10.1. The van der Waals surface area contributed by atoms with Crippen LogP contribution in [0.1, 0.15) is 0 Å². The van der Waals surface area contributed by atoms with E-state index in [0.29, 0.717) is 11.1 Å². The molecular formula is C14H9FN2O3. The minimum absolute atomic E-state index is 0.292. The van der Waals surface area contributed by atoms with Crippen LogP contribution in [0.5, 0.6) is 5.88 Å². The van der Waals surface area contributed by atoms with Crippen molar-refractivity contribution in [1.29, 1.82) is 0 Å². The fourth-order valence-corrected chi connectivity index (χ4v) is 2.13. The van der Waals surface area contributed by atoms with Crippen molar-refractivity contribution in [3.05, 3.63) is 69.1 Å². The molecule has 2 aromatic carbocycles. The molecule has 100 valence electrons. The first-order valence-corrected chi connectivity index (χ1v) is 5.81. The standard InChI is InChI=1S/C14H9FN2O3/c15-11-12(18)16-14(20)17(13(11)19)10-7-3-5-8-4-1-2-6-9(8)10/h1-7,19H,(H,16,18,20). The van der Waals surface area contributed by atoms with Gasteiger partial charge in [0.1, 0.15) is 0 Å². The summed E-state index contributed by atoms with van der Waals surface area (Å²) >= 11 is 0. The van der Waals surface area contributed by atoms with Crippen LogP contribution in [0.3, 0.4) is 0 Å². The summed E-state index contributed by atoms with van der Waals surface area (Å²) in [4.78, 5) is 24.8. The quantitative estimate of drug-likeness (QED) is 0.705. The fraction of sp³-hybridized carbons (Fsp3) is 0. The molecule has 0 amide bonds. The molecule has 0 unspecified atom stereocenters. The van der Waals surface area contributed by atoms with Crippen molar-refractivity contribution in [2.24, 2.45) is 0 Å². The van der Waals surface area contributed by atoms with Crippen LogP contribution in [-0.4, -0.2) is 14.7 Å². The Hall–Kier alpha value is -2.89. The lowest BCUT2D eigenvalue weighted by Crippen LogP contribution is -2.31. The smallest absolute Gasteiger partial charge is 0.335 e. The van der Waals surface area contributed by atoms with Gasteiger partial charge in [-0.2, -0.15) is 4.39 Å². The molecule has 0 saturated heterocycles. The van der Waals surface area contributed by atoms with E-state index >= 15 is 0 Å². The molecule has 0 fully saturated rings. The summed E-state index contributed by atoms with van der Waals surface area (Å²) < 4.78 is 14.2. The number of benzene rings is 2. The second-order valence-corrected chi connectivity index (χ2v) is 4.23. The predicted octanol–water partition coefficient (Wildman–Crippen LogP) is 1.52. The Bertz CT molecular complexity index is 922. The Balaban J connectivity index is 2.47. The Morgan fingerprint density at radius 3 is 2.55 bits per heavy atom. The number of hydrogen-bond acceptors (Lipinski definition) is 3. The van der Waals surface area contributed by atoms with Crippen LogP contribution >= 0.6 is 0 Å². The van der Waals surface area contributed by atoms with Crippen molar-refractivity contribution in [1.82, 2.24) is 9.55 Å². The van der Waals surface area contributed by atoms with Crippen molar-refractivity contribution in [3.63, 3.8) is 0 Å². The summed E-state index contributed by atoms with van der Waals surface area (Å²) in [6.45, 7) is 0. The fourth-order valence-electron chi connectivity index (χ4n) is 2.13. The highest BCUT2D eigenvalue weighted by Gasteiger charge is 2.16. The molecule has 6 heteroatoms. The molecule has 20 heavy (non-hydrogen) atoms. The molecule has 0 radical (unpaired) electrons. The van der Waals surface area contributed by atoms with Crippen molar-refractivity contribution >= 4 is 10.8 Å². The number of nitrogens with one attached hydrogen (secondary N) is 1. The van der Waals surface area contributed by atoms with E-state index in [9.17, 15) is 19.1 Å². The largest absolute Gasteiger partial charge is 0.492 e. The zero-order chi connectivity index (χ0) is 14.3. The van der Waals surface area contributed by atoms with Crippen molar-refractivity contribution in [3.8, 4) is 11.6 Å². The molecule has 1 aromatic heterocycles. The number of aromatic nitrogens is 2. The monoisotopic (exact) mass is 272 g/mol. The topological polar surface area (TPSA) is 75.1 Å². The second kappa shape index (κ2) is 4.34. The first kappa shape index (κ1) is 12.2. The normalized spacial score (nSPS) is 10.8. The molecule has 0 saturated carbocycles. The third-order valence-electron chi connectivity index (χ3n) is 3.04. The zero-order valence-electron chi connectivity index (χ0n) is 10.1. The van der Waals surface area contributed by atoms with Crippen LogP contribution in [0.15, 0.2) is 52.1 Å². The van der Waals surface area contributed by atoms with Crippen molar-refractivity contribution in [2.75, 3.05) is 0 Å². The van der Waals surface area contributed by atoms with Gasteiger partial charge in [0.25, 0.3) is 5.56 Å². The van der Waals surface area contributed by atoms with Gasteiger partial charge < -0.3 is 5.11 Å². The maximum absolute atomic E-state index is 13.5. The Kier molecular flexibility index (Phi) is 2.64. The molecule has 0 aliphatic carbocycles. The number of nitrogens with zero attached hydrogens (tertiary/aromatic N) is 1. The Morgan fingerprint density at radius 2 is 1.75 bits per heavy atom. The van der Waals surface area contributed by atoms with E-state index in [2.05, 4.69) is 0 Å². The summed E-state index contributed by atoms with van der Waals surface area (Å²) in [6, 6.07) is 12.2. The van der Waals surface area contributed by atoms with Crippen molar-refractivity contribution < 1.29 is 9.50 Å². The van der Waals surface area contributed by atoms with Crippen LogP contribution in [-0.2, 0) is 0 Å². The lowest BCUT2D eigenvalue weighted by Gasteiger charge is -2.10. The molecule has 0 aliphatic heterocycles. The van der Waals surface area contributed by atoms with Gasteiger partial charge in [0.15, 0.2) is 0 Å². The lowest BCUT2D eigenvalue weighted by molar-refractivity contribution is 0.386. The van der Waals surface area contributed by atoms with E-state index in [0.717, 1.165) is 9.95 Å². The van der Waals surface area contributed by atoms with Gasteiger partial charge in [0, 0.05) is 5.39 Å². The molecule has 3 rings (SSSR count). The molecule has 5 nitrogen and oxygen atoms in total. The first-order chi connectivity index (χ1) is 9.59. The minimum Gasteiger partial charge on any atom is -0.492 e. The molecule has 0 atom stereocenters. The molecular weight excluding hydrogens is 263 g/mol. The summed E-state index contributed by atoms with van der Waals surface area (Å²) in [6.07, 6.45) is 0. The third-order valence-corrected chi connectivity index (χ3v) is 3.04. The summed E-state index contributed by atoms with van der Waals surface area (Å²) in [5.41, 5.74) is -1.85. The van der Waals surface area contributed by atoms with E-state index in [-0.39, 0.29) is 0 Å². The number of fused-ring (bicyclic) bond motifs is 1. The minimum atomic E-state index is -1.39. The number of rotatable bonds is 1. The molecule has 0 aliphatic rings. The highest BCUT2D eigenvalue weighted by molar-refractivity contribution is 5.90. The molecule has 2 N–H and O–H groups in total. The van der Waals surface area contributed by atoms with Gasteiger partial charge in [-0.15, -0.1) is 0 Å². The van der Waals surface area contributed by atoms with Gasteiger partial charge in [-0.25, -0.2) is 9.36 Å². The predicted molar refractivity (Wildman–Crippen MR) is 71.8 cm³/mol. The molecule has 1 heterocycles. The summed E-state index contributed by atoms with van der Waals surface area (Å²) in [7, 11) is 0. The summed E-state index contributed by atoms with van der Waals surface area (Å²) in [5.74, 6) is -2.40. The van der Waals surface area contributed by atoms with Crippen LogP contribution in [0.4, 0.5) is 4.39 Å². The van der Waals surface area contributed by atoms with Crippen LogP contribution in [0.2, 0.25) is 0 Å². The average Bonchev–Trinajstić information content (AvgIpc) is 2.45. The molecule has 3 aromatic rings. The van der Waals surface area contributed by atoms with Crippen LogP contribution in [0, 0.1) is 5.82 Å². The Morgan fingerprint density at radius 1 is 1.05 bits per heavy atom. The molecule has 0 spiro atoms. The number of aromatic amines is 1. The highest BCUT2D eigenvalue weighted by atomic mass is 19.1. The number of aromatic hydroxyl groups is 1. The van der Waals surface area contributed by atoms with Crippen LogP contribution in [0.25, 0.3) is 16.5 Å². The number of hydrogen-bond donors (Lipinski definition) is 2. The van der Waals surface area contributed by atoms with E-state index in [1.807, 2.05) is 23.2 Å². The van der Waals surface area contributed by atoms with Gasteiger partial charge in [0.05, 0.1) is 5.69 Å². The number of H-pyrrole nitrogens is 1. The van der Waals surface area contributed by atoms with Gasteiger partial charge in [0.2, 0.25) is 11.7 Å². The van der Waals surface area contributed by atoms with Crippen molar-refractivity contribution in [2.45, 2.75) is 0 Å². The van der Waals surface area contributed by atoms with Gasteiger partial charge in [-0.3, -0.25) is 9.78 Å². The van der Waals surface area contributed by atoms with Gasteiger partial charge in [-0.05, 0) is 11.5 Å². The van der Waals surface area contributed by atoms with E-state index in [1.165, 1.54) is 0 Å². The Labute approximate surface area is 111 Å². The lowest BCUT2D eigenvalue weighted by atomic mass is 10.1. The summed E-state index contributed by atoms with van der Waals surface area (Å²) in [5, 5.41) is 11.2. The average molecular weight is 272 g/mol. The van der Waals surface area contributed by atoms with Gasteiger partial charge >= 0.3 is 5.69 Å². The number of halogens is 1. The second-order valence-electron chi connectivity index (χ2n) is 4.23. The highest BCUT2D eigenvalue weighted by Crippen LogP contribution is 2.24.